The van der Waals surface area contributed by atoms with E-state index in [4.69, 9.17) is 0 Å². The Kier molecular flexibility index (Phi) is 5.06. The highest BCUT2D eigenvalue weighted by atomic mass is 31.1. The molecular formula is C17H17OP. The molecule has 19 heavy (non-hydrogen) atoms. The molecule has 1 nitrogen and oxygen atoms in total. The zero-order chi connectivity index (χ0) is 13.5. The van der Waals surface area contributed by atoms with Gasteiger partial charge >= 0.3 is 0 Å². The van der Waals surface area contributed by atoms with Crippen LogP contribution in [0.4, 0.5) is 0 Å². The van der Waals surface area contributed by atoms with Gasteiger partial charge in [0.15, 0.2) is 5.78 Å². The van der Waals surface area contributed by atoms with Crippen molar-refractivity contribution < 1.29 is 4.79 Å². The van der Waals surface area contributed by atoms with Crippen molar-refractivity contribution in [2.45, 2.75) is 6.92 Å². The summed E-state index contributed by atoms with van der Waals surface area (Å²) in [5.41, 5.74) is 0. The van der Waals surface area contributed by atoms with Gasteiger partial charge in [-0.2, -0.15) is 0 Å². The molecule has 0 aliphatic carbocycles. The number of rotatable bonds is 5. The van der Waals surface area contributed by atoms with Crippen molar-refractivity contribution in [2.75, 3.05) is 6.16 Å². The summed E-state index contributed by atoms with van der Waals surface area (Å²) in [5, 5.41) is 2.69. The number of hydrogen-bond donors (Lipinski definition) is 0. The van der Waals surface area contributed by atoms with Crippen LogP contribution in [0.1, 0.15) is 6.92 Å². The van der Waals surface area contributed by atoms with Gasteiger partial charge < -0.3 is 0 Å². The zero-order valence-corrected chi connectivity index (χ0v) is 11.9. The van der Waals surface area contributed by atoms with Crippen LogP contribution in [0, 0.1) is 0 Å². The SMILES string of the molecule is CC(=O)/C=C/CP(c1ccccc1)c1ccccc1. The molecule has 2 aromatic carbocycles. The second kappa shape index (κ2) is 7.01. The normalized spacial score (nSPS) is 11.1. The molecule has 0 radical (unpaired) electrons. The molecule has 0 saturated heterocycles. The summed E-state index contributed by atoms with van der Waals surface area (Å²) in [6, 6.07) is 21.0. The Morgan fingerprint density at radius 3 is 1.84 bits per heavy atom. The van der Waals surface area contributed by atoms with E-state index in [-0.39, 0.29) is 5.78 Å². The van der Waals surface area contributed by atoms with Gasteiger partial charge in [0.2, 0.25) is 0 Å². The zero-order valence-electron chi connectivity index (χ0n) is 11.0. The number of ketones is 1. The molecule has 0 fully saturated rings. The standard InChI is InChI=1S/C17H17OP/c1-15(18)9-8-14-19(16-10-4-2-5-11-16)17-12-6-3-7-13-17/h2-13H,14H2,1H3/b9-8+. The van der Waals surface area contributed by atoms with E-state index in [2.05, 4.69) is 48.5 Å². The number of carbonyl (C=O) groups excluding carboxylic acids is 1. The minimum atomic E-state index is -0.421. The van der Waals surface area contributed by atoms with Gasteiger partial charge in [-0.1, -0.05) is 66.7 Å². The maximum Gasteiger partial charge on any atom is 0.152 e. The second-order valence-corrected chi connectivity index (χ2v) is 6.55. The molecule has 0 atom stereocenters. The van der Waals surface area contributed by atoms with E-state index >= 15 is 0 Å². The van der Waals surface area contributed by atoms with E-state index < -0.39 is 7.92 Å². The summed E-state index contributed by atoms with van der Waals surface area (Å²) < 4.78 is 0. The van der Waals surface area contributed by atoms with E-state index in [1.165, 1.54) is 10.6 Å². The van der Waals surface area contributed by atoms with Crippen LogP contribution in [0.2, 0.25) is 0 Å². The molecule has 2 aromatic rings. The van der Waals surface area contributed by atoms with Crippen LogP contribution in [0.5, 0.6) is 0 Å². The Balaban J connectivity index is 2.26. The van der Waals surface area contributed by atoms with Gasteiger partial charge in [0.05, 0.1) is 0 Å². The summed E-state index contributed by atoms with van der Waals surface area (Å²) in [5.74, 6) is 0.107. The molecule has 0 N–H and O–H groups in total. The Bertz CT molecular complexity index is 506. The predicted octanol–water partition coefficient (Wildman–Crippen LogP) is 3.26. The molecule has 2 rings (SSSR count). The molecule has 96 valence electrons. The van der Waals surface area contributed by atoms with Gasteiger partial charge in [-0.05, 0) is 37.7 Å². The van der Waals surface area contributed by atoms with Gasteiger partial charge in [-0.15, -0.1) is 0 Å². The molecule has 0 amide bonds. The number of hydrogen-bond acceptors (Lipinski definition) is 1. The molecule has 0 spiro atoms. The van der Waals surface area contributed by atoms with Crippen molar-refractivity contribution in [1.82, 2.24) is 0 Å². The lowest BCUT2D eigenvalue weighted by molar-refractivity contribution is -0.112. The topological polar surface area (TPSA) is 17.1 Å². The third-order valence-corrected chi connectivity index (χ3v) is 5.20. The lowest BCUT2D eigenvalue weighted by atomic mass is 10.4. The second-order valence-electron chi connectivity index (χ2n) is 4.29. The Labute approximate surface area is 115 Å². The summed E-state index contributed by atoms with van der Waals surface area (Å²) in [6.45, 7) is 1.59. The predicted molar refractivity (Wildman–Crippen MR) is 83.8 cm³/mol. The highest BCUT2D eigenvalue weighted by Crippen LogP contribution is 2.33. The molecule has 0 heterocycles. The van der Waals surface area contributed by atoms with Gasteiger partial charge in [0.25, 0.3) is 0 Å². The fourth-order valence-electron chi connectivity index (χ4n) is 1.90. The highest BCUT2D eigenvalue weighted by molar-refractivity contribution is 7.73. The number of benzene rings is 2. The van der Waals surface area contributed by atoms with Gasteiger partial charge in [0.1, 0.15) is 0 Å². The fraction of sp³-hybridized carbons (Fsp3) is 0.118. The molecule has 0 aliphatic heterocycles. The molecule has 0 aliphatic rings. The Morgan fingerprint density at radius 1 is 0.947 bits per heavy atom. The summed E-state index contributed by atoms with van der Waals surface area (Å²) >= 11 is 0. The first-order valence-electron chi connectivity index (χ1n) is 6.32. The Morgan fingerprint density at radius 2 is 1.42 bits per heavy atom. The third-order valence-electron chi connectivity index (χ3n) is 2.78. The maximum absolute atomic E-state index is 11.0. The summed E-state index contributed by atoms with van der Waals surface area (Å²) in [4.78, 5) is 11.0. The van der Waals surface area contributed by atoms with Crippen LogP contribution in [0.15, 0.2) is 72.8 Å². The molecule has 0 bridgehead atoms. The largest absolute Gasteiger partial charge is 0.295 e. The maximum atomic E-state index is 11.0. The summed E-state index contributed by atoms with van der Waals surface area (Å²) in [7, 11) is -0.421. The van der Waals surface area contributed by atoms with Crippen LogP contribution in [0.25, 0.3) is 0 Å². The first kappa shape index (κ1) is 13.7. The van der Waals surface area contributed by atoms with Crippen molar-refractivity contribution in [3.63, 3.8) is 0 Å². The monoisotopic (exact) mass is 268 g/mol. The highest BCUT2D eigenvalue weighted by Gasteiger charge is 2.11. The van der Waals surface area contributed by atoms with Crippen LogP contribution in [-0.2, 0) is 4.79 Å². The molecule has 2 heteroatoms. The van der Waals surface area contributed by atoms with E-state index in [0.29, 0.717) is 0 Å². The first-order chi connectivity index (χ1) is 9.27. The Hall–Kier alpha value is -1.72. The van der Waals surface area contributed by atoms with Crippen LogP contribution in [0.3, 0.4) is 0 Å². The third kappa shape index (κ3) is 4.15. The smallest absolute Gasteiger partial charge is 0.152 e. The van der Waals surface area contributed by atoms with Gasteiger partial charge in [0, 0.05) is 0 Å². The number of allylic oxidation sites excluding steroid dienone is 2. The number of carbonyl (C=O) groups is 1. The summed E-state index contributed by atoms with van der Waals surface area (Å²) in [6.07, 6.45) is 4.57. The minimum absolute atomic E-state index is 0.107. The van der Waals surface area contributed by atoms with E-state index in [1.54, 1.807) is 13.0 Å². The average Bonchev–Trinajstić information content (AvgIpc) is 2.45. The van der Waals surface area contributed by atoms with Crippen LogP contribution < -0.4 is 10.6 Å². The minimum Gasteiger partial charge on any atom is -0.295 e. The van der Waals surface area contributed by atoms with Crippen molar-refractivity contribution in [3.05, 3.63) is 72.8 Å². The van der Waals surface area contributed by atoms with Crippen LogP contribution in [-0.4, -0.2) is 11.9 Å². The van der Waals surface area contributed by atoms with Crippen molar-refractivity contribution in [2.24, 2.45) is 0 Å². The van der Waals surface area contributed by atoms with Crippen LogP contribution >= 0.6 is 7.92 Å². The van der Waals surface area contributed by atoms with Crippen molar-refractivity contribution >= 4 is 24.3 Å². The van der Waals surface area contributed by atoms with Crippen molar-refractivity contribution in [3.8, 4) is 0 Å². The van der Waals surface area contributed by atoms with Gasteiger partial charge in [-0.25, -0.2) is 0 Å². The lowest BCUT2D eigenvalue weighted by Crippen LogP contribution is -2.13. The average molecular weight is 268 g/mol. The van der Waals surface area contributed by atoms with Crippen molar-refractivity contribution in [1.29, 1.82) is 0 Å². The van der Waals surface area contributed by atoms with E-state index in [1.807, 2.05) is 18.2 Å². The van der Waals surface area contributed by atoms with E-state index in [9.17, 15) is 4.79 Å². The van der Waals surface area contributed by atoms with E-state index in [0.717, 1.165) is 6.16 Å². The first-order valence-corrected chi connectivity index (χ1v) is 7.85. The molecule has 0 aromatic heterocycles. The molecule has 0 saturated carbocycles. The fourth-order valence-corrected chi connectivity index (χ4v) is 4.00. The molecular weight excluding hydrogens is 251 g/mol. The van der Waals surface area contributed by atoms with Gasteiger partial charge in [-0.3, -0.25) is 4.79 Å². The molecule has 0 unspecified atom stereocenters. The quantitative estimate of drug-likeness (QED) is 0.601. The lowest BCUT2D eigenvalue weighted by Gasteiger charge is -2.16.